The Morgan fingerprint density at radius 1 is 1.14 bits per heavy atom. The van der Waals surface area contributed by atoms with Crippen LogP contribution >= 0.6 is 0 Å². The van der Waals surface area contributed by atoms with Gasteiger partial charge in [0.05, 0.1) is 0 Å². The Labute approximate surface area is 80.0 Å². The summed E-state index contributed by atoms with van der Waals surface area (Å²) in [5.74, 6) is 0. The second kappa shape index (κ2) is 3.97. The molecule has 0 saturated carbocycles. The molecule has 7 nitrogen and oxygen atoms in total. The number of aromatic nitrogens is 6. The van der Waals surface area contributed by atoms with E-state index in [0.717, 1.165) is 0 Å². The van der Waals surface area contributed by atoms with Crippen molar-refractivity contribution in [1.82, 2.24) is 29.5 Å². The van der Waals surface area contributed by atoms with Gasteiger partial charge >= 0.3 is 0 Å². The molecule has 0 fully saturated rings. The highest BCUT2D eigenvalue weighted by atomic mass is 16.3. The average Bonchev–Trinajstić information content (AvgIpc) is 2.87. The molecule has 0 amide bonds. The highest BCUT2D eigenvalue weighted by Gasteiger charge is 2.06. The topological polar surface area (TPSA) is 81.6 Å². The number of aryl methyl sites for hydroxylation is 1. The second-order valence-electron chi connectivity index (χ2n) is 2.80. The molecule has 0 saturated heterocycles. The maximum atomic E-state index is 9.61. The molecule has 2 heterocycles. The second-order valence-corrected chi connectivity index (χ2v) is 2.80. The largest absolute Gasteiger partial charge is 0.372 e. The van der Waals surface area contributed by atoms with Gasteiger partial charge in [-0.1, -0.05) is 0 Å². The van der Waals surface area contributed by atoms with Crippen LogP contribution in [0.3, 0.4) is 0 Å². The van der Waals surface area contributed by atoms with E-state index in [0.29, 0.717) is 13.0 Å². The van der Waals surface area contributed by atoms with E-state index in [4.69, 9.17) is 0 Å². The molecular weight excluding hydrogens is 184 g/mol. The van der Waals surface area contributed by atoms with Gasteiger partial charge < -0.3 is 5.11 Å². The summed E-state index contributed by atoms with van der Waals surface area (Å²) in [6.07, 6.45) is 5.79. The smallest absolute Gasteiger partial charge is 0.150 e. The zero-order valence-electron chi connectivity index (χ0n) is 7.43. The molecule has 0 aromatic carbocycles. The van der Waals surface area contributed by atoms with Crippen molar-refractivity contribution in [3.05, 3.63) is 25.3 Å². The normalized spacial score (nSPS) is 12.9. The van der Waals surface area contributed by atoms with E-state index >= 15 is 0 Å². The molecule has 0 radical (unpaired) electrons. The summed E-state index contributed by atoms with van der Waals surface area (Å²) < 4.78 is 3.05. The highest BCUT2D eigenvalue weighted by molar-refractivity contribution is 4.62. The highest BCUT2D eigenvalue weighted by Crippen LogP contribution is 2.05. The molecule has 1 atom stereocenters. The van der Waals surface area contributed by atoms with Crippen LogP contribution in [0.1, 0.15) is 12.6 Å². The lowest BCUT2D eigenvalue weighted by Gasteiger charge is -2.09. The van der Waals surface area contributed by atoms with Crippen LogP contribution in [0.5, 0.6) is 0 Å². The van der Waals surface area contributed by atoms with Crippen molar-refractivity contribution >= 4 is 0 Å². The molecule has 1 N–H and O–H groups in total. The van der Waals surface area contributed by atoms with Gasteiger partial charge in [-0.05, 0) is 0 Å². The Kier molecular flexibility index (Phi) is 2.50. The Hall–Kier alpha value is -1.76. The molecule has 14 heavy (non-hydrogen) atoms. The minimum absolute atomic E-state index is 0.521. The number of rotatable bonds is 4. The Balaban J connectivity index is 1.87. The van der Waals surface area contributed by atoms with E-state index in [1.807, 2.05) is 0 Å². The average molecular weight is 194 g/mol. The molecule has 0 bridgehead atoms. The molecule has 1 unspecified atom stereocenters. The Bertz CT molecular complexity index is 355. The minimum atomic E-state index is -0.665. The van der Waals surface area contributed by atoms with Crippen LogP contribution < -0.4 is 0 Å². The van der Waals surface area contributed by atoms with Gasteiger partial charge in [0.25, 0.3) is 0 Å². The summed E-state index contributed by atoms with van der Waals surface area (Å²) >= 11 is 0. The van der Waals surface area contributed by atoms with Gasteiger partial charge in [-0.3, -0.25) is 4.68 Å². The van der Waals surface area contributed by atoms with E-state index in [9.17, 15) is 5.11 Å². The number of hydrogen-bond acceptors (Lipinski definition) is 5. The Morgan fingerprint density at radius 2 is 1.93 bits per heavy atom. The molecule has 0 aliphatic heterocycles. The fourth-order valence-electron chi connectivity index (χ4n) is 1.10. The molecule has 2 aromatic heterocycles. The van der Waals surface area contributed by atoms with Crippen LogP contribution in [0.25, 0.3) is 0 Å². The summed E-state index contributed by atoms with van der Waals surface area (Å²) in [5, 5.41) is 17.4. The molecule has 2 rings (SSSR count). The first-order valence-electron chi connectivity index (χ1n) is 4.21. The van der Waals surface area contributed by atoms with Gasteiger partial charge in [0, 0.05) is 13.0 Å². The predicted molar refractivity (Wildman–Crippen MR) is 45.9 cm³/mol. The quantitative estimate of drug-likeness (QED) is 0.706. The lowest BCUT2D eigenvalue weighted by atomic mass is 10.4. The predicted octanol–water partition coefficient (Wildman–Crippen LogP) is -0.549. The molecule has 7 heteroatoms. The monoisotopic (exact) mass is 194 g/mol. The number of nitrogens with zero attached hydrogens (tertiary/aromatic N) is 6. The van der Waals surface area contributed by atoms with E-state index < -0.39 is 6.23 Å². The zero-order valence-corrected chi connectivity index (χ0v) is 7.43. The van der Waals surface area contributed by atoms with E-state index in [-0.39, 0.29) is 0 Å². The number of hydrogen-bond donors (Lipinski definition) is 1. The van der Waals surface area contributed by atoms with Crippen molar-refractivity contribution < 1.29 is 5.11 Å². The molecule has 2 aromatic rings. The van der Waals surface area contributed by atoms with Crippen molar-refractivity contribution in [2.75, 3.05) is 0 Å². The third-order valence-corrected chi connectivity index (χ3v) is 1.82. The van der Waals surface area contributed by atoms with E-state index in [2.05, 4.69) is 20.2 Å². The van der Waals surface area contributed by atoms with Crippen LogP contribution in [-0.2, 0) is 6.54 Å². The van der Waals surface area contributed by atoms with Crippen molar-refractivity contribution in [1.29, 1.82) is 0 Å². The van der Waals surface area contributed by atoms with E-state index in [1.54, 1.807) is 11.0 Å². The fraction of sp³-hybridized carbons (Fsp3) is 0.429. The van der Waals surface area contributed by atoms with Gasteiger partial charge in [-0.2, -0.15) is 10.2 Å². The summed E-state index contributed by atoms with van der Waals surface area (Å²) in [4.78, 5) is 7.54. The first kappa shape index (κ1) is 8.82. The fourth-order valence-corrected chi connectivity index (χ4v) is 1.10. The maximum Gasteiger partial charge on any atom is 0.150 e. The number of aliphatic hydroxyl groups is 1. The summed E-state index contributed by atoms with van der Waals surface area (Å²) in [5.41, 5.74) is 0. The van der Waals surface area contributed by atoms with Crippen LogP contribution in [0.4, 0.5) is 0 Å². The van der Waals surface area contributed by atoms with Crippen LogP contribution in [0.2, 0.25) is 0 Å². The van der Waals surface area contributed by atoms with Crippen molar-refractivity contribution in [2.45, 2.75) is 19.2 Å². The van der Waals surface area contributed by atoms with Gasteiger partial charge in [0.2, 0.25) is 0 Å². The number of aliphatic hydroxyl groups excluding tert-OH is 1. The Morgan fingerprint density at radius 3 is 2.57 bits per heavy atom. The summed E-state index contributed by atoms with van der Waals surface area (Å²) in [6.45, 7) is 0.598. The molecule has 74 valence electrons. The van der Waals surface area contributed by atoms with Crippen LogP contribution in [0, 0.1) is 0 Å². The van der Waals surface area contributed by atoms with Gasteiger partial charge in [0.15, 0.2) is 6.23 Å². The molecule has 0 aliphatic carbocycles. The lowest BCUT2D eigenvalue weighted by molar-refractivity contribution is 0.0753. The third-order valence-electron chi connectivity index (χ3n) is 1.82. The molecule has 0 aliphatic rings. The van der Waals surface area contributed by atoms with E-state index in [1.165, 1.54) is 23.7 Å². The van der Waals surface area contributed by atoms with Crippen LogP contribution in [-0.4, -0.2) is 34.6 Å². The molecule has 0 spiro atoms. The van der Waals surface area contributed by atoms with Gasteiger partial charge in [-0.15, -0.1) is 0 Å². The van der Waals surface area contributed by atoms with Crippen molar-refractivity contribution in [2.24, 2.45) is 0 Å². The van der Waals surface area contributed by atoms with Crippen LogP contribution in [0.15, 0.2) is 25.3 Å². The zero-order chi connectivity index (χ0) is 9.80. The SMILES string of the molecule is OC(CCn1cncn1)n1cncn1. The maximum absolute atomic E-state index is 9.61. The third kappa shape index (κ3) is 1.94. The summed E-state index contributed by atoms with van der Waals surface area (Å²) in [6, 6.07) is 0. The first-order valence-corrected chi connectivity index (χ1v) is 4.21. The van der Waals surface area contributed by atoms with Gasteiger partial charge in [-0.25, -0.2) is 14.6 Å². The first-order chi connectivity index (χ1) is 6.86. The lowest BCUT2D eigenvalue weighted by Crippen LogP contribution is -2.12. The molecular formula is C7H10N6O. The summed E-state index contributed by atoms with van der Waals surface area (Å²) in [7, 11) is 0. The standard InChI is InChI=1S/C7H10N6O/c14-7(13-6-9-4-11-13)1-2-12-5-8-3-10-12/h3-7,14H,1-2H2. The van der Waals surface area contributed by atoms with Crippen molar-refractivity contribution in [3.8, 4) is 0 Å². The van der Waals surface area contributed by atoms with Gasteiger partial charge in [0.1, 0.15) is 25.3 Å². The van der Waals surface area contributed by atoms with Crippen molar-refractivity contribution in [3.63, 3.8) is 0 Å². The minimum Gasteiger partial charge on any atom is -0.372 e.